The first-order valence-corrected chi connectivity index (χ1v) is 17.0. The Morgan fingerprint density at radius 1 is 0.306 bits per heavy atom. The highest BCUT2D eigenvalue weighted by molar-refractivity contribution is 6.29. The van der Waals surface area contributed by atoms with Crippen LogP contribution in [0.4, 0.5) is 0 Å². The van der Waals surface area contributed by atoms with Gasteiger partial charge in [0, 0.05) is 16.5 Å². The van der Waals surface area contributed by atoms with Crippen LogP contribution in [0.15, 0.2) is 176 Å². The van der Waals surface area contributed by atoms with E-state index in [-0.39, 0.29) is 0 Å². The van der Waals surface area contributed by atoms with Crippen LogP contribution in [0.25, 0.3) is 104 Å². The van der Waals surface area contributed by atoms with E-state index >= 15 is 0 Å². The maximum Gasteiger partial charge on any atom is 0.0541 e. The van der Waals surface area contributed by atoms with Gasteiger partial charge in [-0.25, -0.2) is 0 Å². The molecule has 0 spiro atoms. The maximum atomic E-state index is 2.45. The Morgan fingerprint density at radius 3 is 1.67 bits per heavy atom. The van der Waals surface area contributed by atoms with Gasteiger partial charge in [0.25, 0.3) is 0 Å². The average Bonchev–Trinajstić information content (AvgIpc) is 3.68. The monoisotopic (exact) mass is 619 g/mol. The number of hydrogen-bond acceptors (Lipinski definition) is 0. The summed E-state index contributed by atoms with van der Waals surface area (Å²) in [6, 6.07) is 65.0. The van der Waals surface area contributed by atoms with E-state index in [0.717, 1.165) is 5.69 Å². The van der Waals surface area contributed by atoms with Crippen molar-refractivity contribution < 1.29 is 0 Å². The van der Waals surface area contributed by atoms with Crippen LogP contribution in [0.5, 0.6) is 0 Å². The van der Waals surface area contributed by atoms with E-state index in [9.17, 15) is 0 Å². The van der Waals surface area contributed by atoms with Crippen LogP contribution in [0.1, 0.15) is 0 Å². The molecular weight excluding hydrogens is 591 g/mol. The standard InChI is InChI=1S/C48H29N/c1-2-12-30(13-3-1)33-26-34(28-35(27-33)49-44-20-10-8-18-39(44)40-19-9-11-21-45(40)49)38-24-25-42-46-36-16-6-4-14-31(36)22-23-41(46)43-29-32-15-5-7-17-37(32)47(38)48(42)43/h1-29H. The fourth-order valence-electron chi connectivity index (χ4n) is 8.58. The van der Waals surface area contributed by atoms with Gasteiger partial charge in [-0.2, -0.15) is 0 Å². The fraction of sp³-hybridized carbons (Fsp3) is 0. The predicted octanol–water partition coefficient (Wildman–Crippen LogP) is 13.2. The largest absolute Gasteiger partial charge is 0.309 e. The third kappa shape index (κ3) is 3.76. The molecule has 0 atom stereocenters. The van der Waals surface area contributed by atoms with Gasteiger partial charge < -0.3 is 4.57 Å². The molecule has 0 saturated carbocycles. The highest BCUT2D eigenvalue weighted by atomic mass is 15.0. The second-order valence-corrected chi connectivity index (χ2v) is 13.3. The molecule has 10 aromatic rings. The molecule has 1 heteroatoms. The zero-order valence-electron chi connectivity index (χ0n) is 26.7. The molecule has 9 aromatic carbocycles. The first-order valence-electron chi connectivity index (χ1n) is 17.0. The van der Waals surface area contributed by atoms with Gasteiger partial charge in [0.1, 0.15) is 0 Å². The number of rotatable bonds is 3. The molecule has 1 nitrogen and oxygen atoms in total. The van der Waals surface area contributed by atoms with Crippen molar-refractivity contribution in [2.45, 2.75) is 0 Å². The van der Waals surface area contributed by atoms with E-state index < -0.39 is 0 Å². The Balaban J connectivity index is 1.27. The molecular formula is C48H29N. The Hall–Kier alpha value is -6.44. The molecule has 0 unspecified atom stereocenters. The van der Waals surface area contributed by atoms with Gasteiger partial charge >= 0.3 is 0 Å². The minimum Gasteiger partial charge on any atom is -0.309 e. The van der Waals surface area contributed by atoms with E-state index in [1.165, 1.54) is 98.6 Å². The molecule has 1 aliphatic rings. The van der Waals surface area contributed by atoms with Gasteiger partial charge in [0.05, 0.1) is 11.0 Å². The Kier molecular flexibility index (Phi) is 5.45. The van der Waals surface area contributed by atoms with Gasteiger partial charge in [-0.3, -0.25) is 0 Å². The summed E-state index contributed by atoms with van der Waals surface area (Å²) >= 11 is 0. The fourth-order valence-corrected chi connectivity index (χ4v) is 8.58. The SMILES string of the molecule is c1ccc(-c2cc(-c3ccc4c5c(cc6ccccc6c35)-c3ccc5ccccc5c3-4)cc(-n3c4ccccc4c4ccccc43)c2)cc1. The molecule has 0 bridgehead atoms. The molecule has 226 valence electrons. The van der Waals surface area contributed by atoms with E-state index in [2.05, 4.69) is 180 Å². The number of benzene rings is 9. The lowest BCUT2D eigenvalue weighted by Crippen LogP contribution is -1.96. The van der Waals surface area contributed by atoms with Crippen LogP contribution < -0.4 is 0 Å². The number of hydrogen-bond donors (Lipinski definition) is 0. The average molecular weight is 620 g/mol. The van der Waals surface area contributed by atoms with Crippen molar-refractivity contribution in [2.24, 2.45) is 0 Å². The zero-order chi connectivity index (χ0) is 32.1. The first kappa shape index (κ1) is 26.6. The number of para-hydroxylation sites is 2. The molecule has 0 radical (unpaired) electrons. The molecule has 0 aliphatic heterocycles. The van der Waals surface area contributed by atoms with Crippen molar-refractivity contribution in [1.29, 1.82) is 0 Å². The molecule has 49 heavy (non-hydrogen) atoms. The van der Waals surface area contributed by atoms with Crippen LogP contribution in [-0.2, 0) is 0 Å². The van der Waals surface area contributed by atoms with Gasteiger partial charge in [-0.1, -0.05) is 140 Å². The summed E-state index contributed by atoms with van der Waals surface area (Å²) in [5, 5.41) is 10.4. The first-order chi connectivity index (χ1) is 24.3. The summed E-state index contributed by atoms with van der Waals surface area (Å²) in [6.45, 7) is 0. The van der Waals surface area contributed by atoms with Crippen molar-refractivity contribution in [3.05, 3.63) is 176 Å². The molecule has 0 saturated heterocycles. The summed E-state index contributed by atoms with van der Waals surface area (Å²) < 4.78 is 2.45. The summed E-state index contributed by atoms with van der Waals surface area (Å²) in [4.78, 5) is 0. The Morgan fingerprint density at radius 2 is 0.898 bits per heavy atom. The quantitative estimate of drug-likeness (QED) is 0.173. The molecule has 1 aliphatic carbocycles. The lowest BCUT2D eigenvalue weighted by Gasteiger charge is -2.17. The van der Waals surface area contributed by atoms with E-state index in [1.807, 2.05) is 0 Å². The smallest absolute Gasteiger partial charge is 0.0541 e. The molecule has 11 rings (SSSR count). The van der Waals surface area contributed by atoms with E-state index in [1.54, 1.807) is 0 Å². The van der Waals surface area contributed by atoms with Crippen LogP contribution >= 0.6 is 0 Å². The summed E-state index contributed by atoms with van der Waals surface area (Å²) in [5.74, 6) is 0. The van der Waals surface area contributed by atoms with Gasteiger partial charge in [0.15, 0.2) is 0 Å². The van der Waals surface area contributed by atoms with Gasteiger partial charge in [-0.05, 0) is 113 Å². The Labute approximate surface area is 283 Å². The van der Waals surface area contributed by atoms with Gasteiger partial charge in [0.2, 0.25) is 0 Å². The lowest BCUT2D eigenvalue weighted by molar-refractivity contribution is 1.18. The minimum absolute atomic E-state index is 1.16. The van der Waals surface area contributed by atoms with Gasteiger partial charge in [-0.15, -0.1) is 0 Å². The topological polar surface area (TPSA) is 4.93 Å². The number of aromatic nitrogens is 1. The van der Waals surface area contributed by atoms with Crippen molar-refractivity contribution >= 4 is 54.1 Å². The van der Waals surface area contributed by atoms with Crippen molar-refractivity contribution in [1.82, 2.24) is 4.57 Å². The highest BCUT2D eigenvalue weighted by Crippen LogP contribution is 2.54. The normalized spacial score (nSPS) is 12.1. The number of fused-ring (bicyclic) bond motifs is 10. The van der Waals surface area contributed by atoms with Crippen LogP contribution in [0.2, 0.25) is 0 Å². The van der Waals surface area contributed by atoms with Crippen LogP contribution in [0.3, 0.4) is 0 Å². The van der Waals surface area contributed by atoms with Crippen molar-refractivity contribution in [2.75, 3.05) is 0 Å². The zero-order valence-corrected chi connectivity index (χ0v) is 26.7. The molecule has 1 heterocycles. The third-order valence-electron chi connectivity index (χ3n) is 10.7. The summed E-state index contributed by atoms with van der Waals surface area (Å²) in [7, 11) is 0. The van der Waals surface area contributed by atoms with Crippen LogP contribution in [-0.4, -0.2) is 4.57 Å². The molecule has 0 N–H and O–H groups in total. The molecule has 1 aromatic heterocycles. The summed E-state index contributed by atoms with van der Waals surface area (Å²) in [5.41, 5.74) is 13.8. The second-order valence-electron chi connectivity index (χ2n) is 13.3. The Bertz CT molecular complexity index is 2930. The van der Waals surface area contributed by atoms with E-state index in [0.29, 0.717) is 0 Å². The number of nitrogens with zero attached hydrogens (tertiary/aromatic N) is 1. The minimum atomic E-state index is 1.16. The summed E-state index contributed by atoms with van der Waals surface area (Å²) in [6.07, 6.45) is 0. The molecule has 0 amide bonds. The maximum absolute atomic E-state index is 2.45. The van der Waals surface area contributed by atoms with E-state index in [4.69, 9.17) is 0 Å². The second kappa shape index (κ2) is 10.0. The molecule has 0 fully saturated rings. The lowest BCUT2D eigenvalue weighted by atomic mass is 9.89. The van der Waals surface area contributed by atoms with Crippen LogP contribution in [0, 0.1) is 0 Å². The van der Waals surface area contributed by atoms with Crippen molar-refractivity contribution in [3.63, 3.8) is 0 Å². The van der Waals surface area contributed by atoms with Crippen molar-refractivity contribution in [3.8, 4) is 50.2 Å². The predicted molar refractivity (Wildman–Crippen MR) is 209 cm³/mol. The third-order valence-corrected chi connectivity index (χ3v) is 10.7. The highest BCUT2D eigenvalue weighted by Gasteiger charge is 2.26.